The average Bonchev–Trinajstić information content (AvgIpc) is 3.41. The van der Waals surface area contributed by atoms with Crippen LogP contribution >= 0.6 is 0 Å². The van der Waals surface area contributed by atoms with Crippen LogP contribution in [0.2, 0.25) is 0 Å². The first kappa shape index (κ1) is 30.2. The highest BCUT2D eigenvalue weighted by Gasteiger charge is 2.43. The molecule has 4 N–H and O–H groups in total. The molecule has 5 atom stereocenters. The van der Waals surface area contributed by atoms with Crippen LogP contribution in [0.15, 0.2) is 24.4 Å². The lowest BCUT2D eigenvalue weighted by atomic mass is 9.94. The number of nitrogens with zero attached hydrogens (tertiary/aromatic N) is 2. The number of rotatable bonds is 10. The number of nitrogens with one attached hydrogen (secondary N) is 3. The van der Waals surface area contributed by atoms with E-state index in [9.17, 15) is 29.1 Å². The monoisotopic (exact) mass is 543 g/mol. The van der Waals surface area contributed by atoms with Gasteiger partial charge in [-0.25, -0.2) is 0 Å². The summed E-state index contributed by atoms with van der Waals surface area (Å²) in [4.78, 5) is 71.4. The van der Waals surface area contributed by atoms with Crippen LogP contribution in [0.3, 0.4) is 0 Å². The molecule has 0 radical (unpaired) electrons. The van der Waals surface area contributed by atoms with Crippen molar-refractivity contribution < 1.29 is 29.1 Å². The number of aliphatic hydroxyl groups excluding tert-OH is 1. The Morgan fingerprint density at radius 3 is 2.56 bits per heavy atom. The SMILES string of the molecule is CC[C@]1(C)NC(=O)[C@H](CCCCCC(=O)[C@@H](C)O)NC(=O)[C@H]2CCCN2C(=O)[C@H](Cc2ccccn2)NC1=O. The molecule has 0 unspecified atom stereocenters. The molecule has 0 bridgehead atoms. The van der Waals surface area contributed by atoms with E-state index < -0.39 is 47.5 Å². The predicted molar refractivity (Wildman–Crippen MR) is 143 cm³/mol. The van der Waals surface area contributed by atoms with Gasteiger partial charge in [-0.05, 0) is 58.1 Å². The molecule has 1 aromatic heterocycles. The van der Waals surface area contributed by atoms with E-state index in [2.05, 4.69) is 20.9 Å². The van der Waals surface area contributed by atoms with E-state index in [1.165, 1.54) is 11.8 Å². The Balaban J connectivity index is 1.81. The second-order valence-electron chi connectivity index (χ2n) is 10.7. The summed E-state index contributed by atoms with van der Waals surface area (Å²) >= 11 is 0. The van der Waals surface area contributed by atoms with Crippen LogP contribution in [0.1, 0.15) is 77.8 Å². The number of carbonyl (C=O) groups is 5. The van der Waals surface area contributed by atoms with Gasteiger partial charge in [-0.15, -0.1) is 0 Å². The van der Waals surface area contributed by atoms with Crippen molar-refractivity contribution >= 4 is 29.4 Å². The first-order chi connectivity index (χ1) is 18.6. The maximum atomic E-state index is 13.7. The molecule has 2 fully saturated rings. The molecular weight excluding hydrogens is 502 g/mol. The minimum atomic E-state index is -1.31. The van der Waals surface area contributed by atoms with Crippen molar-refractivity contribution in [3.63, 3.8) is 0 Å². The lowest BCUT2D eigenvalue weighted by molar-refractivity contribution is -0.144. The normalized spacial score (nSPS) is 27.0. The standard InChI is InChI=1S/C28H41N5O6/c1-4-28(3)27(39)31-21(17-19-11-8-9-15-29-19)26(38)33-16-10-13-22(33)25(37)30-20(24(36)32-28)12-6-5-7-14-23(35)18(2)34/h8-9,11,15,18,20-22,34H,4-7,10,12-14,16-17H2,1-3H3,(H,30,37)(H,31,39)(H,32,36)/t18-,20+,21+,22-,28+/m1/s1. The summed E-state index contributed by atoms with van der Waals surface area (Å²) in [6.07, 6.45) is 4.44. The first-order valence-corrected chi connectivity index (χ1v) is 13.9. The highest BCUT2D eigenvalue weighted by Crippen LogP contribution is 2.22. The van der Waals surface area contributed by atoms with Gasteiger partial charge in [0.05, 0.1) is 0 Å². The van der Waals surface area contributed by atoms with Crippen molar-refractivity contribution in [2.45, 2.75) is 108 Å². The fraction of sp³-hybridized carbons (Fsp3) is 0.643. The number of carbonyl (C=O) groups excluding carboxylic acids is 5. The number of ketones is 1. The van der Waals surface area contributed by atoms with Gasteiger partial charge in [-0.2, -0.15) is 0 Å². The van der Waals surface area contributed by atoms with Crippen molar-refractivity contribution in [1.82, 2.24) is 25.8 Å². The van der Waals surface area contributed by atoms with E-state index in [0.29, 0.717) is 50.8 Å². The summed E-state index contributed by atoms with van der Waals surface area (Å²) in [5.41, 5.74) is -0.684. The lowest BCUT2D eigenvalue weighted by Gasteiger charge is -2.35. The molecule has 11 heteroatoms. The number of amides is 4. The van der Waals surface area contributed by atoms with E-state index in [4.69, 9.17) is 0 Å². The molecule has 0 aliphatic carbocycles. The zero-order valence-corrected chi connectivity index (χ0v) is 23.1. The van der Waals surface area contributed by atoms with Crippen LogP contribution in [-0.2, 0) is 30.4 Å². The Bertz CT molecular complexity index is 1050. The molecule has 214 valence electrons. The van der Waals surface area contributed by atoms with Gasteiger partial charge in [0.15, 0.2) is 5.78 Å². The molecule has 0 saturated carbocycles. The van der Waals surface area contributed by atoms with Crippen molar-refractivity contribution in [3.05, 3.63) is 30.1 Å². The summed E-state index contributed by atoms with van der Waals surface area (Å²) in [6.45, 7) is 5.19. The van der Waals surface area contributed by atoms with Gasteiger partial charge in [0, 0.05) is 31.3 Å². The molecule has 1 aromatic rings. The van der Waals surface area contributed by atoms with E-state index in [0.717, 1.165) is 0 Å². The van der Waals surface area contributed by atoms with Gasteiger partial charge in [0.25, 0.3) is 0 Å². The van der Waals surface area contributed by atoms with Crippen LogP contribution in [-0.4, -0.2) is 80.7 Å². The Hall–Kier alpha value is -3.34. The highest BCUT2D eigenvalue weighted by atomic mass is 16.3. The summed E-state index contributed by atoms with van der Waals surface area (Å²) < 4.78 is 0. The molecule has 11 nitrogen and oxygen atoms in total. The molecule has 3 heterocycles. The fourth-order valence-electron chi connectivity index (χ4n) is 4.98. The van der Waals surface area contributed by atoms with Crippen molar-refractivity contribution in [1.29, 1.82) is 0 Å². The number of unbranched alkanes of at least 4 members (excludes halogenated alkanes) is 2. The maximum Gasteiger partial charge on any atom is 0.246 e. The first-order valence-electron chi connectivity index (χ1n) is 13.9. The number of hydrogen-bond acceptors (Lipinski definition) is 7. The summed E-state index contributed by atoms with van der Waals surface area (Å²) in [7, 11) is 0. The number of fused-ring (bicyclic) bond motifs is 1. The number of aromatic nitrogens is 1. The van der Waals surface area contributed by atoms with Crippen LogP contribution in [0, 0.1) is 0 Å². The maximum absolute atomic E-state index is 13.7. The van der Waals surface area contributed by atoms with Crippen LogP contribution in [0.4, 0.5) is 0 Å². The number of hydrogen-bond donors (Lipinski definition) is 4. The third-order valence-corrected chi connectivity index (χ3v) is 7.70. The quantitative estimate of drug-likeness (QED) is 0.318. The fourth-order valence-corrected chi connectivity index (χ4v) is 4.98. The second kappa shape index (κ2) is 13.6. The Kier molecular flexibility index (Phi) is 10.6. The van der Waals surface area contributed by atoms with E-state index >= 15 is 0 Å². The zero-order chi connectivity index (χ0) is 28.6. The van der Waals surface area contributed by atoms with Gasteiger partial charge in [-0.1, -0.05) is 25.8 Å². The molecular formula is C28H41N5O6. The Labute approximate surface area is 229 Å². The van der Waals surface area contributed by atoms with Crippen molar-refractivity contribution in [3.8, 4) is 0 Å². The van der Waals surface area contributed by atoms with E-state index in [-0.39, 0.29) is 31.0 Å². The minimum absolute atomic E-state index is 0.157. The minimum Gasteiger partial charge on any atom is -0.386 e. The molecule has 0 aromatic carbocycles. The van der Waals surface area contributed by atoms with Gasteiger partial charge in [0.2, 0.25) is 23.6 Å². The predicted octanol–water partition coefficient (Wildman–Crippen LogP) is 0.784. The Morgan fingerprint density at radius 1 is 1.13 bits per heavy atom. The van der Waals surface area contributed by atoms with Gasteiger partial charge >= 0.3 is 0 Å². The number of pyridine rings is 1. The highest BCUT2D eigenvalue weighted by molar-refractivity contribution is 5.99. The summed E-state index contributed by atoms with van der Waals surface area (Å²) in [5.74, 6) is -1.93. The number of aliphatic hydroxyl groups is 1. The van der Waals surface area contributed by atoms with Crippen LogP contribution in [0.5, 0.6) is 0 Å². The zero-order valence-electron chi connectivity index (χ0n) is 23.1. The molecule has 4 amide bonds. The molecule has 2 saturated heterocycles. The summed E-state index contributed by atoms with van der Waals surface area (Å²) in [5, 5.41) is 17.9. The topological polar surface area (TPSA) is 158 Å². The van der Waals surface area contributed by atoms with Crippen LogP contribution in [0.25, 0.3) is 0 Å². The third-order valence-electron chi connectivity index (χ3n) is 7.70. The van der Waals surface area contributed by atoms with Crippen LogP contribution < -0.4 is 16.0 Å². The van der Waals surface area contributed by atoms with E-state index in [1.54, 1.807) is 38.2 Å². The van der Waals surface area contributed by atoms with Crippen molar-refractivity contribution in [2.24, 2.45) is 0 Å². The summed E-state index contributed by atoms with van der Waals surface area (Å²) in [6, 6.07) is 2.76. The van der Waals surface area contributed by atoms with Gasteiger partial charge in [-0.3, -0.25) is 29.0 Å². The van der Waals surface area contributed by atoms with Gasteiger partial charge in [0.1, 0.15) is 29.8 Å². The number of Topliss-reactive ketones (excluding diaryl/α,β-unsaturated/α-hetero) is 1. The molecule has 0 spiro atoms. The third kappa shape index (κ3) is 7.84. The average molecular weight is 544 g/mol. The van der Waals surface area contributed by atoms with Gasteiger partial charge < -0.3 is 26.0 Å². The molecule has 2 aliphatic heterocycles. The lowest BCUT2D eigenvalue weighted by Crippen LogP contribution is -2.65. The van der Waals surface area contributed by atoms with Crippen molar-refractivity contribution in [2.75, 3.05) is 6.54 Å². The molecule has 2 aliphatic rings. The largest absolute Gasteiger partial charge is 0.386 e. The van der Waals surface area contributed by atoms with E-state index in [1.807, 2.05) is 0 Å². The molecule has 3 rings (SSSR count). The second-order valence-corrected chi connectivity index (χ2v) is 10.7. The smallest absolute Gasteiger partial charge is 0.246 e. The molecule has 39 heavy (non-hydrogen) atoms. The Morgan fingerprint density at radius 2 is 1.90 bits per heavy atom.